The number of unbranched alkanes of at least 4 members (excludes halogenated alkanes) is 32. The predicted octanol–water partition coefficient (Wildman–Crippen LogP) is 16.8. The highest BCUT2D eigenvalue weighted by Crippen LogP contribution is 2.43. The first-order valence-corrected chi connectivity index (χ1v) is 29.5. The molecule has 0 aromatic heterocycles. The van der Waals surface area contributed by atoms with Gasteiger partial charge in [-0.3, -0.25) is 13.8 Å². The minimum Gasteiger partial charge on any atom is -0.387 e. The van der Waals surface area contributed by atoms with E-state index >= 15 is 0 Å². The van der Waals surface area contributed by atoms with Gasteiger partial charge >= 0.3 is 7.82 Å². The maximum absolute atomic E-state index is 12.9. The molecule has 3 N–H and O–H groups in total. The molecule has 3 atom stereocenters. The molecule has 0 aromatic carbocycles. The molecule has 0 radical (unpaired) electrons. The van der Waals surface area contributed by atoms with E-state index in [2.05, 4.69) is 55.6 Å². The van der Waals surface area contributed by atoms with E-state index in [1.165, 1.54) is 186 Å². The summed E-state index contributed by atoms with van der Waals surface area (Å²) in [6, 6.07) is -0.867. The number of hydrogen-bond donors (Lipinski definition) is 3. The summed E-state index contributed by atoms with van der Waals surface area (Å²) in [5, 5.41) is 13.8. The molecule has 0 aliphatic rings. The van der Waals surface area contributed by atoms with Crippen LogP contribution in [0.15, 0.2) is 48.6 Å². The lowest BCUT2D eigenvalue weighted by Gasteiger charge is -2.25. The van der Waals surface area contributed by atoms with Crippen LogP contribution < -0.4 is 5.32 Å². The normalized spacial score (nSPS) is 14.3. The zero-order valence-corrected chi connectivity index (χ0v) is 45.1. The number of carbonyl (C=O) groups excluding carboxylic acids is 1. The standard InChI is InChI=1S/C57H109N2O6P/c1-6-8-10-12-14-16-18-19-20-21-22-23-24-25-26-27-28-29-30-31-32-33-34-35-36-37-38-39-41-43-45-47-49-51-57(61)58-55(54-65-66(62,63)64-53-52-59(3,4)5)56(60)50-48-46-44-42-40-17-15-13-11-9-7-2/h11,13,21-22,40,42,48,50,55-56,60H,6-10,12,14-20,23-39,41,43-47,49,51-54H2,1-5H3,(H-,58,61,62,63)/p+1/b13-11+,22-21-,42-40+,50-48+. The molecule has 3 unspecified atom stereocenters. The van der Waals surface area contributed by atoms with E-state index in [-0.39, 0.29) is 19.1 Å². The third kappa shape index (κ3) is 50.3. The van der Waals surface area contributed by atoms with Crippen LogP contribution in [-0.4, -0.2) is 73.4 Å². The topological polar surface area (TPSA) is 105 Å². The van der Waals surface area contributed by atoms with Gasteiger partial charge in [0.05, 0.1) is 39.9 Å². The number of aliphatic hydroxyl groups excluding tert-OH is 1. The van der Waals surface area contributed by atoms with Gasteiger partial charge in [-0.25, -0.2) is 4.57 Å². The van der Waals surface area contributed by atoms with Gasteiger partial charge in [-0.2, -0.15) is 0 Å². The van der Waals surface area contributed by atoms with Crippen LogP contribution in [0.3, 0.4) is 0 Å². The molecule has 0 fully saturated rings. The van der Waals surface area contributed by atoms with Crippen molar-refractivity contribution >= 4 is 13.7 Å². The smallest absolute Gasteiger partial charge is 0.387 e. The lowest BCUT2D eigenvalue weighted by atomic mass is 10.0. The average Bonchev–Trinajstić information content (AvgIpc) is 3.28. The Bertz CT molecular complexity index is 1210. The van der Waals surface area contributed by atoms with Crippen LogP contribution in [0.1, 0.15) is 258 Å². The summed E-state index contributed by atoms with van der Waals surface area (Å²) in [5.41, 5.74) is 0. The van der Waals surface area contributed by atoms with E-state index in [1.807, 2.05) is 27.2 Å². The van der Waals surface area contributed by atoms with Gasteiger partial charge in [-0.1, -0.05) is 236 Å². The lowest BCUT2D eigenvalue weighted by Crippen LogP contribution is -2.45. The summed E-state index contributed by atoms with van der Waals surface area (Å²) in [7, 11) is 1.55. The Morgan fingerprint density at radius 3 is 1.27 bits per heavy atom. The van der Waals surface area contributed by atoms with Crippen molar-refractivity contribution in [1.82, 2.24) is 5.32 Å². The van der Waals surface area contributed by atoms with E-state index in [1.54, 1.807) is 6.08 Å². The van der Waals surface area contributed by atoms with Crippen LogP contribution in [0.25, 0.3) is 0 Å². The summed E-state index contributed by atoms with van der Waals surface area (Å²) >= 11 is 0. The van der Waals surface area contributed by atoms with Gasteiger partial charge in [0.2, 0.25) is 5.91 Å². The molecular weight excluding hydrogens is 840 g/mol. The van der Waals surface area contributed by atoms with Crippen molar-refractivity contribution in [1.29, 1.82) is 0 Å². The summed E-state index contributed by atoms with van der Waals surface area (Å²) < 4.78 is 23.6. The van der Waals surface area contributed by atoms with E-state index in [4.69, 9.17) is 9.05 Å². The zero-order chi connectivity index (χ0) is 48.5. The molecule has 0 aromatic rings. The van der Waals surface area contributed by atoms with Gasteiger partial charge in [0.15, 0.2) is 0 Å². The number of carbonyl (C=O) groups is 1. The Balaban J connectivity index is 3.97. The van der Waals surface area contributed by atoms with E-state index in [0.717, 1.165) is 51.4 Å². The number of amides is 1. The average molecular weight is 950 g/mol. The highest BCUT2D eigenvalue weighted by atomic mass is 31.2. The van der Waals surface area contributed by atoms with Crippen molar-refractivity contribution in [3.63, 3.8) is 0 Å². The van der Waals surface area contributed by atoms with Crippen molar-refractivity contribution in [2.24, 2.45) is 0 Å². The number of phosphoric acid groups is 1. The van der Waals surface area contributed by atoms with Crippen LogP contribution in [0.2, 0.25) is 0 Å². The van der Waals surface area contributed by atoms with Crippen molar-refractivity contribution in [3.8, 4) is 0 Å². The van der Waals surface area contributed by atoms with Gasteiger partial charge in [-0.15, -0.1) is 0 Å². The molecule has 8 nitrogen and oxygen atoms in total. The molecule has 0 heterocycles. The molecule has 0 saturated carbocycles. The molecule has 66 heavy (non-hydrogen) atoms. The van der Waals surface area contributed by atoms with Gasteiger partial charge in [0.25, 0.3) is 0 Å². The minimum atomic E-state index is -4.35. The highest BCUT2D eigenvalue weighted by molar-refractivity contribution is 7.47. The Kier molecular flexibility index (Phi) is 47.4. The number of likely N-dealkylation sites (N-methyl/N-ethyl adjacent to an activating group) is 1. The molecule has 0 aliphatic heterocycles. The number of aliphatic hydroxyl groups is 1. The van der Waals surface area contributed by atoms with Gasteiger partial charge in [0, 0.05) is 6.42 Å². The Hall–Kier alpha value is -1.54. The largest absolute Gasteiger partial charge is 0.472 e. The first-order valence-electron chi connectivity index (χ1n) is 28.0. The first-order chi connectivity index (χ1) is 32.0. The van der Waals surface area contributed by atoms with Crippen LogP contribution in [-0.2, 0) is 18.4 Å². The second-order valence-corrected chi connectivity index (χ2v) is 21.7. The Labute approximate surface area is 409 Å². The molecule has 388 valence electrons. The zero-order valence-electron chi connectivity index (χ0n) is 44.2. The summed E-state index contributed by atoms with van der Waals surface area (Å²) in [6.07, 6.45) is 63.9. The summed E-state index contributed by atoms with van der Waals surface area (Å²) in [5.74, 6) is -0.190. The predicted molar refractivity (Wildman–Crippen MR) is 286 cm³/mol. The van der Waals surface area contributed by atoms with E-state index < -0.39 is 20.0 Å². The maximum atomic E-state index is 12.9. The van der Waals surface area contributed by atoms with Crippen molar-refractivity contribution < 1.29 is 32.9 Å². The third-order valence-corrected chi connectivity index (χ3v) is 13.5. The third-order valence-electron chi connectivity index (χ3n) is 12.5. The molecule has 0 aliphatic carbocycles. The monoisotopic (exact) mass is 950 g/mol. The quantitative estimate of drug-likeness (QED) is 0.0243. The van der Waals surface area contributed by atoms with Crippen LogP contribution >= 0.6 is 7.82 Å². The van der Waals surface area contributed by atoms with Gasteiger partial charge < -0.3 is 19.8 Å². The number of nitrogens with zero attached hydrogens (tertiary/aromatic N) is 1. The molecule has 9 heteroatoms. The fourth-order valence-electron chi connectivity index (χ4n) is 8.08. The van der Waals surface area contributed by atoms with Crippen molar-refractivity contribution in [2.45, 2.75) is 270 Å². The Morgan fingerprint density at radius 2 is 0.864 bits per heavy atom. The molecular formula is C57H110N2O6P+. The number of phosphoric ester groups is 1. The molecule has 0 saturated heterocycles. The fourth-order valence-corrected chi connectivity index (χ4v) is 8.81. The Morgan fingerprint density at radius 1 is 0.500 bits per heavy atom. The first kappa shape index (κ1) is 64.5. The van der Waals surface area contributed by atoms with Crippen LogP contribution in [0.4, 0.5) is 0 Å². The highest BCUT2D eigenvalue weighted by Gasteiger charge is 2.27. The molecule has 0 bridgehead atoms. The fraction of sp³-hybridized carbons (Fsp3) is 0.842. The lowest BCUT2D eigenvalue weighted by molar-refractivity contribution is -0.870. The number of nitrogens with one attached hydrogen (secondary N) is 1. The number of quaternary nitrogens is 1. The molecule has 1 amide bonds. The number of hydrogen-bond acceptors (Lipinski definition) is 5. The van der Waals surface area contributed by atoms with Crippen LogP contribution in [0.5, 0.6) is 0 Å². The minimum absolute atomic E-state index is 0.0536. The maximum Gasteiger partial charge on any atom is 0.472 e. The van der Waals surface area contributed by atoms with E-state index in [0.29, 0.717) is 17.4 Å². The molecule has 0 spiro atoms. The molecule has 0 rings (SSSR count). The van der Waals surface area contributed by atoms with Gasteiger partial charge in [-0.05, 0) is 64.2 Å². The van der Waals surface area contributed by atoms with Crippen molar-refractivity contribution in [2.75, 3.05) is 40.9 Å². The number of allylic oxidation sites excluding steroid dienone is 7. The second kappa shape index (κ2) is 48.5. The number of rotatable bonds is 51. The summed E-state index contributed by atoms with van der Waals surface area (Å²) in [4.78, 5) is 23.2. The second-order valence-electron chi connectivity index (χ2n) is 20.3. The van der Waals surface area contributed by atoms with Crippen LogP contribution in [0, 0.1) is 0 Å². The van der Waals surface area contributed by atoms with E-state index in [9.17, 15) is 19.4 Å². The van der Waals surface area contributed by atoms with Gasteiger partial charge in [0.1, 0.15) is 13.2 Å². The van der Waals surface area contributed by atoms with Crippen molar-refractivity contribution in [3.05, 3.63) is 48.6 Å². The summed E-state index contributed by atoms with van der Waals surface area (Å²) in [6.45, 7) is 4.72. The SMILES string of the molecule is CCC/C=C/CC/C=C/CC/C=C/C(O)C(COP(=O)(O)OCC[N+](C)(C)C)NC(=O)CCCCCCCCCCCCCCCCCCCCCCC/C=C\CCCCCCCCCC.